The fourth-order valence-electron chi connectivity index (χ4n) is 3.35. The fourth-order valence-corrected chi connectivity index (χ4v) is 4.20. The van der Waals surface area contributed by atoms with Crippen molar-refractivity contribution >= 4 is 22.7 Å². The summed E-state index contributed by atoms with van der Waals surface area (Å²) in [5.74, 6) is 0.724. The van der Waals surface area contributed by atoms with Crippen LogP contribution >= 0.6 is 11.3 Å². The lowest BCUT2D eigenvalue weighted by atomic mass is 10.0. The van der Waals surface area contributed by atoms with Gasteiger partial charge < -0.3 is 4.42 Å². The number of hydrogen-bond donors (Lipinski definition) is 0. The molecule has 0 spiro atoms. The number of pyridine rings is 1. The normalized spacial score (nSPS) is 12.3. The average Bonchev–Trinajstić information content (AvgIpc) is 3.52. The molecule has 0 radical (unpaired) electrons. The molecule has 0 atom stereocenters. The highest BCUT2D eigenvalue weighted by Crippen LogP contribution is 2.26. The molecule has 0 aliphatic rings. The van der Waals surface area contributed by atoms with Gasteiger partial charge >= 0.3 is 0 Å². The fraction of sp³-hybridized carbons (Fsp3) is 0.0385. The van der Waals surface area contributed by atoms with Crippen LogP contribution in [-0.4, -0.2) is 15.4 Å². The van der Waals surface area contributed by atoms with Crippen molar-refractivity contribution in [3.8, 4) is 22.4 Å². The van der Waals surface area contributed by atoms with Crippen LogP contribution in [0.1, 0.15) is 12.7 Å². The third-order valence-corrected chi connectivity index (χ3v) is 5.79. The van der Waals surface area contributed by atoms with Crippen LogP contribution in [0.25, 0.3) is 22.4 Å². The van der Waals surface area contributed by atoms with Gasteiger partial charge in [0, 0.05) is 17.1 Å². The van der Waals surface area contributed by atoms with Crippen LogP contribution in [-0.2, 0) is 0 Å². The Bertz CT molecular complexity index is 1400. The maximum absolute atomic E-state index is 5.53. The Kier molecular flexibility index (Phi) is 5.59. The summed E-state index contributed by atoms with van der Waals surface area (Å²) in [4.78, 5) is 9.69. The molecule has 0 bridgehead atoms. The zero-order valence-electron chi connectivity index (χ0n) is 17.4. The van der Waals surface area contributed by atoms with E-state index in [0.717, 1.165) is 33.2 Å². The van der Waals surface area contributed by atoms with Gasteiger partial charge in [-0.1, -0.05) is 54.6 Å². The van der Waals surface area contributed by atoms with Crippen molar-refractivity contribution in [2.75, 3.05) is 0 Å². The third-order valence-electron chi connectivity index (χ3n) is 4.97. The number of rotatable bonds is 5. The van der Waals surface area contributed by atoms with Crippen LogP contribution in [0.3, 0.4) is 0 Å². The topological polar surface area (TPSA) is 55.7 Å². The van der Waals surface area contributed by atoms with E-state index in [0.29, 0.717) is 0 Å². The molecule has 5 aromatic rings. The first-order chi connectivity index (χ1) is 15.8. The Balaban J connectivity index is 1.61. The number of thiazole rings is 1. The van der Waals surface area contributed by atoms with E-state index in [-0.39, 0.29) is 0 Å². The molecule has 32 heavy (non-hydrogen) atoms. The van der Waals surface area contributed by atoms with Crippen molar-refractivity contribution in [2.45, 2.75) is 6.92 Å². The minimum atomic E-state index is 0.724. The van der Waals surface area contributed by atoms with Gasteiger partial charge in [-0.25, -0.2) is 9.67 Å². The van der Waals surface area contributed by atoms with Gasteiger partial charge in [-0.2, -0.15) is 5.10 Å². The summed E-state index contributed by atoms with van der Waals surface area (Å²) in [5, 5.41) is 6.93. The van der Waals surface area contributed by atoms with Crippen LogP contribution < -0.4 is 4.80 Å². The molecule has 0 N–H and O–H groups in total. The van der Waals surface area contributed by atoms with Crippen molar-refractivity contribution in [2.24, 2.45) is 10.1 Å². The second kappa shape index (κ2) is 8.99. The van der Waals surface area contributed by atoms with Gasteiger partial charge in [0.15, 0.2) is 0 Å². The molecule has 0 fully saturated rings. The maximum Gasteiger partial charge on any atom is 0.211 e. The van der Waals surface area contributed by atoms with Crippen molar-refractivity contribution in [1.82, 2.24) is 9.66 Å². The lowest BCUT2D eigenvalue weighted by Crippen LogP contribution is -2.13. The van der Waals surface area contributed by atoms with Gasteiger partial charge in [0.1, 0.15) is 11.5 Å². The zero-order valence-corrected chi connectivity index (χ0v) is 18.2. The molecule has 0 amide bonds. The van der Waals surface area contributed by atoms with Crippen LogP contribution in [0.15, 0.2) is 117 Å². The van der Waals surface area contributed by atoms with Crippen molar-refractivity contribution in [1.29, 1.82) is 0 Å². The van der Waals surface area contributed by atoms with E-state index in [1.807, 2.05) is 41.9 Å². The number of nitrogens with zero attached hydrogens (tertiary/aromatic N) is 4. The van der Waals surface area contributed by atoms with Crippen LogP contribution in [0.5, 0.6) is 0 Å². The SMILES string of the molecule is CC(=Nn1c(-c2ccc(-c3ccccc3)cc2)csc1=Nc1cccnc1)c1ccco1. The second-order valence-corrected chi connectivity index (χ2v) is 7.98. The Morgan fingerprint density at radius 2 is 1.66 bits per heavy atom. The maximum atomic E-state index is 5.53. The molecule has 5 rings (SSSR count). The molecule has 0 aliphatic heterocycles. The molecule has 0 unspecified atom stereocenters. The number of hydrogen-bond acceptors (Lipinski definition) is 5. The summed E-state index contributed by atoms with van der Waals surface area (Å²) in [6.45, 7) is 1.93. The molecule has 6 heteroatoms. The van der Waals surface area contributed by atoms with Gasteiger partial charge in [0.25, 0.3) is 0 Å². The standard InChI is InChI=1S/C26H20N4OS/c1-19(25-10-6-16-31-25)29-30-24(18-32-26(30)28-23-9-5-15-27-17-23)22-13-11-21(12-14-22)20-7-3-2-4-8-20/h2-18H,1H3. The highest BCUT2D eigenvalue weighted by Gasteiger charge is 2.10. The molecule has 5 nitrogen and oxygen atoms in total. The average molecular weight is 437 g/mol. The van der Waals surface area contributed by atoms with Crippen LogP contribution in [0, 0.1) is 0 Å². The highest BCUT2D eigenvalue weighted by molar-refractivity contribution is 7.07. The monoisotopic (exact) mass is 436 g/mol. The Morgan fingerprint density at radius 1 is 0.875 bits per heavy atom. The predicted octanol–water partition coefficient (Wildman–Crippen LogP) is 6.38. The summed E-state index contributed by atoms with van der Waals surface area (Å²) in [6, 6.07) is 26.4. The summed E-state index contributed by atoms with van der Waals surface area (Å²) in [5.41, 5.74) is 5.93. The quantitative estimate of drug-likeness (QED) is 0.300. The van der Waals surface area contributed by atoms with E-state index < -0.39 is 0 Å². The van der Waals surface area contributed by atoms with E-state index in [2.05, 4.69) is 58.9 Å². The first kappa shape index (κ1) is 19.9. The molecule has 2 aromatic carbocycles. The largest absolute Gasteiger partial charge is 0.463 e. The zero-order chi connectivity index (χ0) is 21.8. The van der Waals surface area contributed by atoms with E-state index in [9.17, 15) is 0 Å². The first-order valence-electron chi connectivity index (χ1n) is 10.2. The smallest absolute Gasteiger partial charge is 0.211 e. The molecule has 3 aromatic heterocycles. The molecule has 156 valence electrons. The van der Waals surface area contributed by atoms with Crippen molar-refractivity contribution < 1.29 is 4.42 Å². The van der Waals surface area contributed by atoms with Crippen molar-refractivity contribution in [3.63, 3.8) is 0 Å². The third kappa shape index (κ3) is 4.22. The van der Waals surface area contributed by atoms with E-state index >= 15 is 0 Å². The predicted molar refractivity (Wildman–Crippen MR) is 129 cm³/mol. The molecule has 0 saturated carbocycles. The van der Waals surface area contributed by atoms with E-state index in [1.165, 1.54) is 22.5 Å². The van der Waals surface area contributed by atoms with Crippen molar-refractivity contribution in [3.05, 3.63) is 113 Å². The van der Waals surface area contributed by atoms with E-state index in [1.54, 1.807) is 18.7 Å². The Labute approximate surface area is 189 Å². The summed E-state index contributed by atoms with van der Waals surface area (Å²) >= 11 is 1.54. The van der Waals surface area contributed by atoms with Gasteiger partial charge in [-0.05, 0) is 42.3 Å². The lowest BCUT2D eigenvalue weighted by molar-refractivity contribution is 0.556. The minimum Gasteiger partial charge on any atom is -0.463 e. The molecule has 3 heterocycles. The highest BCUT2D eigenvalue weighted by atomic mass is 32.1. The molecular formula is C26H20N4OS. The molecule has 0 aliphatic carbocycles. The Morgan fingerprint density at radius 3 is 2.38 bits per heavy atom. The van der Waals surface area contributed by atoms with E-state index in [4.69, 9.17) is 14.5 Å². The van der Waals surface area contributed by atoms with Crippen LogP contribution in [0.4, 0.5) is 5.69 Å². The summed E-state index contributed by atoms with van der Waals surface area (Å²) in [6.07, 6.45) is 5.12. The second-order valence-electron chi connectivity index (χ2n) is 7.14. The number of aromatic nitrogens is 2. The summed E-state index contributed by atoms with van der Waals surface area (Å²) in [7, 11) is 0. The van der Waals surface area contributed by atoms with Gasteiger partial charge in [0.2, 0.25) is 4.80 Å². The Hall–Kier alpha value is -4.03. The van der Waals surface area contributed by atoms with Gasteiger partial charge in [-0.3, -0.25) is 4.98 Å². The van der Waals surface area contributed by atoms with Gasteiger partial charge in [0.05, 0.1) is 23.8 Å². The summed E-state index contributed by atoms with van der Waals surface area (Å²) < 4.78 is 7.40. The van der Waals surface area contributed by atoms with Crippen LogP contribution in [0.2, 0.25) is 0 Å². The minimum absolute atomic E-state index is 0.724. The first-order valence-corrected chi connectivity index (χ1v) is 11.1. The van der Waals surface area contributed by atoms with Gasteiger partial charge in [-0.15, -0.1) is 11.3 Å². The lowest BCUT2D eigenvalue weighted by Gasteiger charge is -2.07. The molecular weight excluding hydrogens is 416 g/mol. The molecule has 0 saturated heterocycles. The number of benzene rings is 2. The number of furan rings is 1.